The molecule has 9 heteroatoms. The molecule has 0 aliphatic carbocycles. The van der Waals surface area contributed by atoms with Gasteiger partial charge in [0.1, 0.15) is 5.75 Å². The maximum atomic E-state index is 12.7. The first-order valence-electron chi connectivity index (χ1n) is 8.67. The zero-order valence-electron chi connectivity index (χ0n) is 15.8. The van der Waals surface area contributed by atoms with Crippen molar-refractivity contribution in [1.29, 1.82) is 0 Å². The van der Waals surface area contributed by atoms with Crippen LogP contribution in [0, 0.1) is 6.92 Å². The summed E-state index contributed by atoms with van der Waals surface area (Å²) >= 11 is 11.8. The standard InChI is InChI=1S/C19H22Cl2N2O4S/c1-4-23(5-2)28(25,26)15-8-6-13(3)17(11-15)22-19(24)12-27-18-9-7-14(20)10-16(18)21/h6-11H,4-5,12H2,1-3H3,(H,22,24). The summed E-state index contributed by atoms with van der Waals surface area (Å²) in [5, 5.41) is 3.44. The molecule has 0 unspecified atom stereocenters. The van der Waals surface area contributed by atoms with Gasteiger partial charge in [0.15, 0.2) is 6.61 Å². The highest BCUT2D eigenvalue weighted by atomic mass is 35.5. The maximum Gasteiger partial charge on any atom is 0.262 e. The topological polar surface area (TPSA) is 75.7 Å². The van der Waals surface area contributed by atoms with Crippen molar-refractivity contribution in [2.75, 3.05) is 25.0 Å². The smallest absolute Gasteiger partial charge is 0.262 e. The lowest BCUT2D eigenvalue weighted by Crippen LogP contribution is -2.30. The molecule has 0 radical (unpaired) electrons. The summed E-state index contributed by atoms with van der Waals surface area (Å²) in [6.07, 6.45) is 0. The highest BCUT2D eigenvalue weighted by Crippen LogP contribution is 2.27. The summed E-state index contributed by atoms with van der Waals surface area (Å²) in [6, 6.07) is 9.33. The van der Waals surface area contributed by atoms with E-state index >= 15 is 0 Å². The van der Waals surface area contributed by atoms with Gasteiger partial charge in [0.25, 0.3) is 5.91 Å². The molecule has 0 fully saturated rings. The van der Waals surface area contributed by atoms with Crippen molar-refractivity contribution in [2.45, 2.75) is 25.7 Å². The largest absolute Gasteiger partial charge is 0.482 e. The molecular formula is C19H22Cl2N2O4S. The average molecular weight is 445 g/mol. The Morgan fingerprint density at radius 3 is 2.39 bits per heavy atom. The van der Waals surface area contributed by atoms with E-state index in [2.05, 4.69) is 5.32 Å². The molecule has 0 saturated heterocycles. The van der Waals surface area contributed by atoms with Gasteiger partial charge in [-0.3, -0.25) is 4.79 Å². The van der Waals surface area contributed by atoms with Gasteiger partial charge in [0.2, 0.25) is 10.0 Å². The van der Waals surface area contributed by atoms with E-state index < -0.39 is 15.9 Å². The third-order valence-electron chi connectivity index (χ3n) is 4.08. The Bertz CT molecular complexity index is 960. The normalized spacial score (nSPS) is 11.5. The summed E-state index contributed by atoms with van der Waals surface area (Å²) in [4.78, 5) is 12.4. The Hall–Kier alpha value is -1.80. The summed E-state index contributed by atoms with van der Waals surface area (Å²) < 4.78 is 32.1. The second-order valence-electron chi connectivity index (χ2n) is 5.98. The molecule has 1 amide bonds. The number of halogens is 2. The molecule has 6 nitrogen and oxygen atoms in total. The average Bonchev–Trinajstić information content (AvgIpc) is 2.63. The van der Waals surface area contributed by atoms with Crippen LogP contribution in [-0.2, 0) is 14.8 Å². The van der Waals surface area contributed by atoms with Gasteiger partial charge in [-0.2, -0.15) is 4.31 Å². The molecule has 0 saturated carbocycles. The van der Waals surface area contributed by atoms with Crippen molar-refractivity contribution < 1.29 is 17.9 Å². The fourth-order valence-corrected chi connectivity index (χ4v) is 4.48. The second-order valence-corrected chi connectivity index (χ2v) is 8.76. The van der Waals surface area contributed by atoms with Crippen LogP contribution in [-0.4, -0.2) is 38.3 Å². The summed E-state index contributed by atoms with van der Waals surface area (Å²) in [5.74, 6) is -0.109. The molecule has 0 atom stereocenters. The zero-order valence-corrected chi connectivity index (χ0v) is 18.2. The van der Waals surface area contributed by atoms with Crippen LogP contribution in [0.25, 0.3) is 0 Å². The van der Waals surface area contributed by atoms with Crippen molar-refractivity contribution in [1.82, 2.24) is 4.31 Å². The number of carbonyl (C=O) groups is 1. The molecule has 0 aromatic heterocycles. The van der Waals surface area contributed by atoms with Crippen LogP contribution < -0.4 is 10.1 Å². The van der Waals surface area contributed by atoms with Crippen LogP contribution >= 0.6 is 23.2 Å². The minimum absolute atomic E-state index is 0.124. The summed E-state index contributed by atoms with van der Waals surface area (Å²) in [5.41, 5.74) is 1.14. The minimum Gasteiger partial charge on any atom is -0.482 e. The number of nitrogens with one attached hydrogen (secondary N) is 1. The van der Waals surface area contributed by atoms with Gasteiger partial charge in [0, 0.05) is 23.8 Å². The Labute approximate surface area is 175 Å². The summed E-state index contributed by atoms with van der Waals surface area (Å²) in [6.45, 7) is 5.77. The van der Waals surface area contributed by atoms with Gasteiger partial charge in [-0.05, 0) is 42.8 Å². The number of sulfonamides is 1. The quantitative estimate of drug-likeness (QED) is 0.656. The number of carbonyl (C=O) groups excluding carboxylic acids is 1. The van der Waals surface area contributed by atoms with Gasteiger partial charge in [-0.1, -0.05) is 43.1 Å². The van der Waals surface area contributed by atoms with Crippen molar-refractivity contribution in [3.8, 4) is 5.75 Å². The minimum atomic E-state index is -3.62. The second kappa shape index (κ2) is 9.60. The Kier molecular flexibility index (Phi) is 7.71. The molecular weight excluding hydrogens is 423 g/mol. The zero-order chi connectivity index (χ0) is 20.9. The molecule has 0 aliphatic heterocycles. The molecule has 2 aromatic rings. The third kappa shape index (κ3) is 5.38. The predicted octanol–water partition coefficient (Wildman–Crippen LogP) is 4.35. The lowest BCUT2D eigenvalue weighted by molar-refractivity contribution is -0.118. The van der Waals surface area contributed by atoms with E-state index in [9.17, 15) is 13.2 Å². The van der Waals surface area contributed by atoms with Crippen LogP contribution in [0.4, 0.5) is 5.69 Å². The van der Waals surface area contributed by atoms with Gasteiger partial charge >= 0.3 is 0 Å². The first kappa shape index (κ1) is 22.5. The number of hydrogen-bond acceptors (Lipinski definition) is 4. The van der Waals surface area contributed by atoms with Gasteiger partial charge < -0.3 is 10.1 Å². The van der Waals surface area contributed by atoms with Gasteiger partial charge in [-0.15, -0.1) is 0 Å². The molecule has 2 rings (SSSR count). The molecule has 1 N–H and O–H groups in total. The molecule has 0 spiro atoms. The van der Waals surface area contributed by atoms with Crippen molar-refractivity contribution in [3.05, 3.63) is 52.0 Å². The lowest BCUT2D eigenvalue weighted by atomic mass is 10.2. The van der Waals surface area contributed by atoms with Crippen LogP contribution in [0.5, 0.6) is 5.75 Å². The van der Waals surface area contributed by atoms with E-state index in [4.69, 9.17) is 27.9 Å². The van der Waals surface area contributed by atoms with Gasteiger partial charge in [-0.25, -0.2) is 8.42 Å². The van der Waals surface area contributed by atoms with E-state index in [0.717, 1.165) is 5.56 Å². The Balaban J connectivity index is 2.14. The third-order valence-corrected chi connectivity index (χ3v) is 6.66. The number of amides is 1. The first-order valence-corrected chi connectivity index (χ1v) is 10.9. The molecule has 0 aliphatic rings. The predicted molar refractivity (Wildman–Crippen MR) is 112 cm³/mol. The fraction of sp³-hybridized carbons (Fsp3) is 0.316. The van der Waals surface area contributed by atoms with Crippen LogP contribution in [0.3, 0.4) is 0 Å². The van der Waals surface area contributed by atoms with Crippen LogP contribution in [0.15, 0.2) is 41.3 Å². The number of anilines is 1. The van der Waals surface area contributed by atoms with Crippen molar-refractivity contribution in [2.24, 2.45) is 0 Å². The number of ether oxygens (including phenoxy) is 1. The first-order chi connectivity index (χ1) is 13.2. The maximum absolute atomic E-state index is 12.7. The molecule has 152 valence electrons. The monoisotopic (exact) mass is 444 g/mol. The highest BCUT2D eigenvalue weighted by molar-refractivity contribution is 7.89. The van der Waals surface area contributed by atoms with Crippen LogP contribution in [0.2, 0.25) is 10.0 Å². The van der Waals surface area contributed by atoms with E-state index in [1.165, 1.54) is 22.5 Å². The Morgan fingerprint density at radius 1 is 1.11 bits per heavy atom. The number of benzene rings is 2. The summed E-state index contributed by atoms with van der Waals surface area (Å²) in [7, 11) is -3.62. The molecule has 0 heterocycles. The van der Waals surface area contributed by atoms with E-state index in [0.29, 0.717) is 34.6 Å². The van der Waals surface area contributed by atoms with E-state index in [1.807, 2.05) is 0 Å². The molecule has 0 bridgehead atoms. The molecule has 2 aromatic carbocycles. The number of aryl methyl sites for hydroxylation is 1. The Morgan fingerprint density at radius 2 is 1.79 bits per heavy atom. The number of rotatable bonds is 8. The molecule has 28 heavy (non-hydrogen) atoms. The number of hydrogen-bond donors (Lipinski definition) is 1. The fourth-order valence-electron chi connectivity index (χ4n) is 2.53. The van der Waals surface area contributed by atoms with E-state index in [-0.39, 0.29) is 11.5 Å². The lowest BCUT2D eigenvalue weighted by Gasteiger charge is -2.19. The van der Waals surface area contributed by atoms with Crippen molar-refractivity contribution in [3.63, 3.8) is 0 Å². The highest BCUT2D eigenvalue weighted by Gasteiger charge is 2.22. The van der Waals surface area contributed by atoms with Crippen molar-refractivity contribution >= 4 is 44.8 Å². The van der Waals surface area contributed by atoms with Crippen LogP contribution in [0.1, 0.15) is 19.4 Å². The van der Waals surface area contributed by atoms with Gasteiger partial charge in [0.05, 0.1) is 9.92 Å². The van der Waals surface area contributed by atoms with E-state index in [1.54, 1.807) is 39.0 Å². The SMILES string of the molecule is CCN(CC)S(=O)(=O)c1ccc(C)c(NC(=O)COc2ccc(Cl)cc2Cl)c1. The number of nitrogens with zero attached hydrogens (tertiary/aromatic N) is 1.